The van der Waals surface area contributed by atoms with Crippen LogP contribution in [0.15, 0.2) is 77.7 Å². The second-order valence-electron chi connectivity index (χ2n) is 8.56. The Morgan fingerprint density at radius 3 is 2.35 bits per heavy atom. The Hall–Kier alpha value is -4.13. The van der Waals surface area contributed by atoms with Crippen molar-refractivity contribution in [2.24, 2.45) is 0 Å². The van der Waals surface area contributed by atoms with E-state index in [9.17, 15) is 22.4 Å². The molecule has 0 fully saturated rings. The van der Waals surface area contributed by atoms with Crippen LogP contribution in [-0.4, -0.2) is 31.9 Å². The maximum Gasteiger partial charge on any atom is 0.348 e. The van der Waals surface area contributed by atoms with Crippen LogP contribution < -0.4 is 10.0 Å². The molecule has 0 bridgehead atoms. The molecule has 12 heteroatoms. The van der Waals surface area contributed by atoms with Crippen LogP contribution in [0.3, 0.4) is 0 Å². The highest BCUT2D eigenvalue weighted by molar-refractivity contribution is 7.92. The van der Waals surface area contributed by atoms with Crippen LogP contribution in [0.25, 0.3) is 20.8 Å². The van der Waals surface area contributed by atoms with E-state index in [-0.39, 0.29) is 22.8 Å². The zero-order valence-corrected chi connectivity index (χ0v) is 23.7. The summed E-state index contributed by atoms with van der Waals surface area (Å²) in [5.41, 5.74) is 2.60. The number of ether oxygens (including phenoxy) is 1. The minimum absolute atomic E-state index is 0.0939. The van der Waals surface area contributed by atoms with Gasteiger partial charge in [0.1, 0.15) is 20.7 Å². The van der Waals surface area contributed by atoms with Gasteiger partial charge in [-0.05, 0) is 80.1 Å². The largest absolute Gasteiger partial charge is 0.462 e. The van der Waals surface area contributed by atoms with Gasteiger partial charge in [0.15, 0.2) is 0 Å². The molecule has 8 nitrogen and oxygen atoms in total. The smallest absolute Gasteiger partial charge is 0.348 e. The topological polar surface area (TPSA) is 114 Å². The number of hydrogen-bond acceptors (Lipinski definition) is 8. The molecular formula is C28H22FN3O5S3. The lowest BCUT2D eigenvalue weighted by Crippen LogP contribution is -2.14. The van der Waals surface area contributed by atoms with E-state index in [2.05, 4.69) is 10.0 Å². The van der Waals surface area contributed by atoms with Crippen molar-refractivity contribution in [3.05, 3.63) is 94.6 Å². The van der Waals surface area contributed by atoms with Crippen molar-refractivity contribution in [1.82, 2.24) is 4.98 Å². The van der Waals surface area contributed by atoms with Gasteiger partial charge < -0.3 is 10.1 Å². The van der Waals surface area contributed by atoms with Crippen molar-refractivity contribution in [1.29, 1.82) is 0 Å². The van der Waals surface area contributed by atoms with Gasteiger partial charge in [-0.2, -0.15) is 0 Å². The van der Waals surface area contributed by atoms with Crippen molar-refractivity contribution in [3.8, 4) is 10.6 Å². The monoisotopic (exact) mass is 595 g/mol. The van der Waals surface area contributed by atoms with Crippen LogP contribution >= 0.6 is 22.7 Å². The first-order chi connectivity index (χ1) is 19.2. The number of carbonyl (C=O) groups excluding carboxylic acids is 2. The standard InChI is InChI=1S/C28H22FN3O5S3/c1-3-37-28(34)24-16(2)23(26-30-21-6-4-5-7-22(21)38-26)27(39-24)31-25(33)17-8-12-19(13-9-17)32-40(35,36)20-14-10-18(29)11-15-20/h4-15,32H,3H2,1-2H3,(H,31,33). The summed E-state index contributed by atoms with van der Waals surface area (Å²) in [4.78, 5) is 30.9. The first kappa shape index (κ1) is 27.4. The van der Waals surface area contributed by atoms with E-state index in [4.69, 9.17) is 9.72 Å². The highest BCUT2D eigenvalue weighted by Crippen LogP contribution is 2.43. The van der Waals surface area contributed by atoms with Gasteiger partial charge in [-0.3, -0.25) is 9.52 Å². The highest BCUT2D eigenvalue weighted by atomic mass is 32.2. The number of carbonyl (C=O) groups is 2. The Morgan fingerprint density at radius 1 is 0.975 bits per heavy atom. The lowest BCUT2D eigenvalue weighted by atomic mass is 10.1. The molecule has 5 aromatic rings. The number of hydrogen-bond donors (Lipinski definition) is 2. The minimum atomic E-state index is -3.94. The number of benzene rings is 3. The van der Waals surface area contributed by atoms with Crippen LogP contribution in [0.2, 0.25) is 0 Å². The summed E-state index contributed by atoms with van der Waals surface area (Å²) in [5, 5.41) is 4.00. The number of esters is 1. The molecule has 0 spiro atoms. The second kappa shape index (κ2) is 11.2. The first-order valence-electron chi connectivity index (χ1n) is 12.0. The van der Waals surface area contributed by atoms with Gasteiger partial charge in [0, 0.05) is 16.8 Å². The molecule has 3 aromatic carbocycles. The van der Waals surface area contributed by atoms with Crippen molar-refractivity contribution < 1.29 is 27.1 Å². The number of rotatable bonds is 8. The van der Waals surface area contributed by atoms with Gasteiger partial charge >= 0.3 is 5.97 Å². The molecule has 0 saturated carbocycles. The van der Waals surface area contributed by atoms with Gasteiger partial charge in [-0.25, -0.2) is 22.6 Å². The molecule has 0 saturated heterocycles. The Bertz CT molecular complexity index is 1800. The average Bonchev–Trinajstić information content (AvgIpc) is 3.49. The lowest BCUT2D eigenvalue weighted by molar-refractivity contribution is 0.0531. The Labute approximate surface area is 237 Å². The second-order valence-corrected chi connectivity index (χ2v) is 12.3. The summed E-state index contributed by atoms with van der Waals surface area (Å²) in [5.74, 6) is -1.48. The van der Waals surface area contributed by atoms with Crippen LogP contribution in [-0.2, 0) is 14.8 Å². The Balaban J connectivity index is 1.42. The van der Waals surface area contributed by atoms with E-state index in [1.165, 1.54) is 35.6 Å². The minimum Gasteiger partial charge on any atom is -0.462 e. The number of nitrogens with one attached hydrogen (secondary N) is 2. The van der Waals surface area contributed by atoms with Gasteiger partial charge in [-0.1, -0.05) is 12.1 Å². The Morgan fingerprint density at radius 2 is 1.68 bits per heavy atom. The summed E-state index contributed by atoms with van der Waals surface area (Å²) in [6.45, 7) is 3.73. The van der Waals surface area contributed by atoms with E-state index >= 15 is 0 Å². The van der Waals surface area contributed by atoms with Gasteiger partial charge in [0.2, 0.25) is 0 Å². The van der Waals surface area contributed by atoms with E-state index < -0.39 is 27.7 Å². The summed E-state index contributed by atoms with van der Waals surface area (Å²) < 4.78 is 46.9. The number of halogens is 1. The number of thiazole rings is 1. The molecule has 1 amide bonds. The van der Waals surface area contributed by atoms with E-state index in [0.717, 1.165) is 45.8 Å². The molecule has 40 heavy (non-hydrogen) atoms. The fraction of sp³-hybridized carbons (Fsp3) is 0.107. The molecular weight excluding hydrogens is 574 g/mol. The number of amides is 1. The van der Waals surface area contributed by atoms with E-state index in [1.54, 1.807) is 13.8 Å². The SMILES string of the molecule is CCOC(=O)c1sc(NC(=O)c2ccc(NS(=O)(=O)c3ccc(F)cc3)cc2)c(-c2nc3ccccc3s2)c1C. The third-order valence-electron chi connectivity index (χ3n) is 5.87. The quantitative estimate of drug-likeness (QED) is 0.193. The molecule has 0 aliphatic carbocycles. The molecule has 2 N–H and O–H groups in total. The van der Waals surface area contributed by atoms with Crippen LogP contribution in [0.5, 0.6) is 0 Å². The molecule has 0 aliphatic rings. The number of para-hydroxylation sites is 1. The van der Waals surface area contributed by atoms with Crippen LogP contribution in [0, 0.1) is 12.7 Å². The van der Waals surface area contributed by atoms with Crippen LogP contribution in [0.1, 0.15) is 32.5 Å². The number of sulfonamides is 1. The average molecular weight is 596 g/mol. The Kier molecular flexibility index (Phi) is 7.66. The molecule has 5 rings (SSSR count). The van der Waals surface area contributed by atoms with E-state index in [0.29, 0.717) is 26.0 Å². The van der Waals surface area contributed by atoms with Gasteiger partial charge in [-0.15, -0.1) is 22.7 Å². The molecule has 2 heterocycles. The predicted octanol–water partition coefficient (Wildman–Crippen LogP) is 6.70. The normalized spacial score (nSPS) is 11.4. The molecule has 0 aliphatic heterocycles. The lowest BCUT2D eigenvalue weighted by Gasteiger charge is -2.09. The number of anilines is 2. The summed E-state index contributed by atoms with van der Waals surface area (Å²) >= 11 is 2.57. The third-order valence-corrected chi connectivity index (χ3v) is 9.50. The highest BCUT2D eigenvalue weighted by Gasteiger charge is 2.25. The molecule has 0 radical (unpaired) electrons. The zero-order chi connectivity index (χ0) is 28.4. The summed E-state index contributed by atoms with van der Waals surface area (Å²) in [6.07, 6.45) is 0. The first-order valence-corrected chi connectivity index (χ1v) is 15.1. The number of aromatic nitrogens is 1. The van der Waals surface area contributed by atoms with Crippen LogP contribution in [0.4, 0.5) is 15.1 Å². The fourth-order valence-electron chi connectivity index (χ4n) is 3.92. The predicted molar refractivity (Wildman–Crippen MR) is 155 cm³/mol. The molecule has 0 unspecified atom stereocenters. The van der Waals surface area contributed by atoms with Crippen molar-refractivity contribution >= 4 is 65.5 Å². The molecule has 2 aromatic heterocycles. The zero-order valence-electron chi connectivity index (χ0n) is 21.2. The van der Waals surface area contributed by atoms with Gasteiger partial charge in [0.05, 0.1) is 21.7 Å². The molecule has 204 valence electrons. The third kappa shape index (κ3) is 5.60. The summed E-state index contributed by atoms with van der Waals surface area (Å²) in [6, 6.07) is 18.0. The van der Waals surface area contributed by atoms with Crippen molar-refractivity contribution in [2.75, 3.05) is 16.6 Å². The maximum atomic E-state index is 13.2. The number of fused-ring (bicyclic) bond motifs is 1. The summed E-state index contributed by atoms with van der Waals surface area (Å²) in [7, 11) is -3.94. The van der Waals surface area contributed by atoms with E-state index in [1.807, 2.05) is 24.3 Å². The van der Waals surface area contributed by atoms with Crippen molar-refractivity contribution in [3.63, 3.8) is 0 Å². The van der Waals surface area contributed by atoms with Gasteiger partial charge in [0.25, 0.3) is 15.9 Å². The molecule has 0 atom stereocenters. The fourth-order valence-corrected chi connectivity index (χ4v) is 7.22. The van der Waals surface area contributed by atoms with Crippen molar-refractivity contribution in [2.45, 2.75) is 18.7 Å². The maximum absolute atomic E-state index is 13.2. The number of nitrogens with zero attached hydrogens (tertiary/aromatic N) is 1. The number of thiophene rings is 1.